The molecule has 0 aliphatic carbocycles. The maximum absolute atomic E-state index is 10.9. The van der Waals surface area contributed by atoms with E-state index in [0.717, 1.165) is 16.8 Å². The van der Waals surface area contributed by atoms with Gasteiger partial charge in [-0.1, -0.05) is 18.2 Å². The van der Waals surface area contributed by atoms with Crippen molar-refractivity contribution in [3.63, 3.8) is 0 Å². The van der Waals surface area contributed by atoms with Gasteiger partial charge in [0.05, 0.1) is 15.1 Å². The number of hydrogen-bond donors (Lipinski definition) is 1. The maximum atomic E-state index is 10.9. The van der Waals surface area contributed by atoms with Gasteiger partial charge in [0.1, 0.15) is 0 Å². The topological polar surface area (TPSA) is 68.1 Å². The van der Waals surface area contributed by atoms with Crippen LogP contribution in [0.2, 0.25) is 0 Å². The van der Waals surface area contributed by atoms with Crippen LogP contribution in [-0.4, -0.2) is 9.91 Å². The van der Waals surface area contributed by atoms with E-state index in [9.17, 15) is 10.1 Å². The van der Waals surface area contributed by atoms with Crippen LogP contribution in [0.1, 0.15) is 16.8 Å². The number of nitrogens with one attached hydrogen (secondary N) is 1. The normalized spacial score (nSPS) is 10.5. The number of pyridine rings is 1. The van der Waals surface area contributed by atoms with Gasteiger partial charge in [0.2, 0.25) is 0 Å². The summed E-state index contributed by atoms with van der Waals surface area (Å²) in [5.74, 6) is 0. The molecule has 0 fully saturated rings. The minimum Gasteiger partial charge on any atom is -0.307 e. The zero-order chi connectivity index (χ0) is 14.5. The third kappa shape index (κ3) is 3.40. The number of hydrogen-bond acceptors (Lipinski definition) is 4. The number of halogens is 1. The van der Waals surface area contributed by atoms with Crippen molar-refractivity contribution in [3.05, 3.63) is 67.9 Å². The van der Waals surface area contributed by atoms with E-state index in [0.29, 0.717) is 17.6 Å². The molecule has 0 radical (unpaired) electrons. The van der Waals surface area contributed by atoms with E-state index in [1.165, 1.54) is 6.07 Å². The maximum Gasteiger partial charge on any atom is 0.283 e. The van der Waals surface area contributed by atoms with E-state index < -0.39 is 4.92 Å². The highest BCUT2D eigenvalue weighted by atomic mass is 79.9. The fourth-order valence-electron chi connectivity index (χ4n) is 1.86. The molecule has 0 aliphatic heterocycles. The van der Waals surface area contributed by atoms with Crippen LogP contribution in [0.5, 0.6) is 0 Å². The summed E-state index contributed by atoms with van der Waals surface area (Å²) >= 11 is 3.29. The molecule has 2 rings (SSSR count). The van der Waals surface area contributed by atoms with Crippen LogP contribution < -0.4 is 5.32 Å². The quantitative estimate of drug-likeness (QED) is 0.672. The van der Waals surface area contributed by atoms with Gasteiger partial charge < -0.3 is 5.32 Å². The number of benzene rings is 1. The van der Waals surface area contributed by atoms with Crippen molar-refractivity contribution in [2.75, 3.05) is 0 Å². The number of rotatable bonds is 5. The van der Waals surface area contributed by atoms with Gasteiger partial charge >= 0.3 is 0 Å². The predicted octanol–water partition coefficient (Wildman–Crippen LogP) is 3.35. The molecule has 6 heteroatoms. The summed E-state index contributed by atoms with van der Waals surface area (Å²) in [5.41, 5.74) is 3.04. The first-order valence-electron chi connectivity index (χ1n) is 6.12. The van der Waals surface area contributed by atoms with E-state index in [1.807, 2.05) is 25.1 Å². The molecule has 20 heavy (non-hydrogen) atoms. The molecule has 5 nitrogen and oxygen atoms in total. The molecule has 104 valence electrons. The molecule has 0 atom stereocenters. The molecule has 0 saturated carbocycles. The van der Waals surface area contributed by atoms with Gasteiger partial charge in [0.25, 0.3) is 5.69 Å². The summed E-state index contributed by atoms with van der Waals surface area (Å²) in [7, 11) is 0. The van der Waals surface area contributed by atoms with Crippen molar-refractivity contribution < 1.29 is 4.92 Å². The summed E-state index contributed by atoms with van der Waals surface area (Å²) in [6.07, 6.45) is 1.76. The second-order valence-corrected chi connectivity index (χ2v) is 5.17. The van der Waals surface area contributed by atoms with E-state index in [4.69, 9.17) is 0 Å². The highest BCUT2D eigenvalue weighted by Gasteiger charge is 2.14. The Bertz CT molecular complexity index is 632. The van der Waals surface area contributed by atoms with Gasteiger partial charge in [-0.25, -0.2) is 0 Å². The minimum atomic E-state index is -0.392. The van der Waals surface area contributed by atoms with Crippen LogP contribution in [0.3, 0.4) is 0 Å². The van der Waals surface area contributed by atoms with Crippen molar-refractivity contribution in [2.45, 2.75) is 20.0 Å². The highest BCUT2D eigenvalue weighted by molar-refractivity contribution is 9.10. The molecule has 2 aromatic rings. The van der Waals surface area contributed by atoms with E-state index >= 15 is 0 Å². The van der Waals surface area contributed by atoms with E-state index in [1.54, 1.807) is 12.3 Å². The Morgan fingerprint density at radius 2 is 2.10 bits per heavy atom. The molecule has 0 bridgehead atoms. The first-order chi connectivity index (χ1) is 9.59. The Hall–Kier alpha value is -1.79. The highest BCUT2D eigenvalue weighted by Crippen LogP contribution is 2.28. The number of nitrogens with zero attached hydrogens (tertiary/aromatic N) is 2. The molecular weight excluding hydrogens is 322 g/mol. The van der Waals surface area contributed by atoms with Gasteiger partial charge in [0, 0.05) is 25.4 Å². The smallest absolute Gasteiger partial charge is 0.283 e. The fraction of sp³-hybridized carbons (Fsp3) is 0.214. The summed E-state index contributed by atoms with van der Waals surface area (Å²) in [5, 5.41) is 14.1. The van der Waals surface area contributed by atoms with E-state index in [2.05, 4.69) is 26.2 Å². The molecular formula is C14H14BrN3O2. The fourth-order valence-corrected chi connectivity index (χ4v) is 2.41. The van der Waals surface area contributed by atoms with Crippen LogP contribution in [0.25, 0.3) is 0 Å². The number of nitro groups is 1. The molecule has 0 amide bonds. The molecule has 0 unspecified atom stereocenters. The first kappa shape index (κ1) is 14.6. The SMILES string of the molecule is Cc1cccnc1CNCc1cccc([N+](=O)[O-])c1Br. The monoisotopic (exact) mass is 335 g/mol. The lowest BCUT2D eigenvalue weighted by atomic mass is 10.2. The molecule has 1 N–H and O–H groups in total. The predicted molar refractivity (Wildman–Crippen MR) is 80.3 cm³/mol. The molecule has 0 aliphatic rings. The lowest BCUT2D eigenvalue weighted by molar-refractivity contribution is -0.385. The summed E-state index contributed by atoms with van der Waals surface area (Å²) in [4.78, 5) is 14.8. The van der Waals surface area contributed by atoms with Crippen LogP contribution in [0.4, 0.5) is 5.69 Å². The Kier molecular flexibility index (Phi) is 4.81. The minimum absolute atomic E-state index is 0.0818. The van der Waals surface area contributed by atoms with Crippen molar-refractivity contribution in [1.29, 1.82) is 0 Å². The zero-order valence-electron chi connectivity index (χ0n) is 11.0. The number of aromatic nitrogens is 1. The lowest BCUT2D eigenvalue weighted by Gasteiger charge is -2.08. The number of nitro benzene ring substituents is 1. The Labute approximate surface area is 125 Å². The van der Waals surface area contributed by atoms with Gasteiger partial charge in [-0.2, -0.15) is 0 Å². The second-order valence-electron chi connectivity index (χ2n) is 4.38. The largest absolute Gasteiger partial charge is 0.307 e. The van der Waals surface area contributed by atoms with Crippen molar-refractivity contribution in [2.24, 2.45) is 0 Å². The molecule has 1 aromatic heterocycles. The third-order valence-electron chi connectivity index (χ3n) is 2.98. The molecule has 0 spiro atoms. The van der Waals surface area contributed by atoms with Crippen molar-refractivity contribution in [3.8, 4) is 0 Å². The van der Waals surface area contributed by atoms with Crippen LogP contribution in [0.15, 0.2) is 41.0 Å². The first-order valence-corrected chi connectivity index (χ1v) is 6.92. The lowest BCUT2D eigenvalue weighted by Crippen LogP contribution is -2.15. The molecule has 1 heterocycles. The Balaban J connectivity index is 2.03. The van der Waals surface area contributed by atoms with Crippen LogP contribution in [-0.2, 0) is 13.1 Å². The van der Waals surface area contributed by atoms with E-state index in [-0.39, 0.29) is 5.69 Å². The van der Waals surface area contributed by atoms with Gasteiger partial charge in [-0.3, -0.25) is 15.1 Å². The summed E-state index contributed by atoms with van der Waals surface area (Å²) in [6, 6.07) is 8.93. The van der Waals surface area contributed by atoms with Gasteiger partial charge in [-0.05, 0) is 40.0 Å². The molecule has 1 aromatic carbocycles. The number of aryl methyl sites for hydroxylation is 1. The van der Waals surface area contributed by atoms with Crippen molar-refractivity contribution >= 4 is 21.6 Å². The molecule has 0 saturated heterocycles. The van der Waals surface area contributed by atoms with Gasteiger partial charge in [-0.15, -0.1) is 0 Å². The van der Waals surface area contributed by atoms with Gasteiger partial charge in [0.15, 0.2) is 0 Å². The Morgan fingerprint density at radius 3 is 2.80 bits per heavy atom. The standard InChI is InChI=1S/C14H14BrN3O2/c1-10-4-3-7-17-12(10)9-16-8-11-5-2-6-13(14(11)15)18(19)20/h2-7,16H,8-9H2,1H3. The second kappa shape index (κ2) is 6.58. The van der Waals surface area contributed by atoms with Crippen LogP contribution in [0, 0.1) is 17.0 Å². The summed E-state index contributed by atoms with van der Waals surface area (Å²) in [6.45, 7) is 3.17. The van der Waals surface area contributed by atoms with Crippen LogP contribution >= 0.6 is 15.9 Å². The van der Waals surface area contributed by atoms with Crippen molar-refractivity contribution in [1.82, 2.24) is 10.3 Å². The zero-order valence-corrected chi connectivity index (χ0v) is 12.6. The Morgan fingerprint density at radius 1 is 1.30 bits per heavy atom. The average Bonchev–Trinajstić information content (AvgIpc) is 2.42. The average molecular weight is 336 g/mol. The third-order valence-corrected chi connectivity index (χ3v) is 3.90. The summed E-state index contributed by atoms with van der Waals surface area (Å²) < 4.78 is 0.523.